The Bertz CT molecular complexity index is 350. The highest BCUT2D eigenvalue weighted by molar-refractivity contribution is 7.55. The van der Waals surface area contributed by atoms with Crippen LogP contribution in [0.1, 0.15) is 12.5 Å². The molecular formula is C9H11O3P. The van der Waals surface area contributed by atoms with E-state index in [0.29, 0.717) is 5.57 Å². The lowest BCUT2D eigenvalue weighted by atomic mass is 10.1. The largest absolute Gasteiger partial charge is 0.349 e. The standard InChI is InChI=1S/C9H11O3P/c1-8(7-13(10,11)12)9-5-3-2-4-6-9/h2-7H,1H3,(H2,10,11,12)/b8-7+. The first kappa shape index (κ1) is 10.2. The van der Waals surface area contributed by atoms with Crippen LogP contribution < -0.4 is 0 Å². The van der Waals surface area contributed by atoms with Crippen molar-refractivity contribution < 1.29 is 14.4 Å². The van der Waals surface area contributed by atoms with Crippen molar-refractivity contribution in [2.75, 3.05) is 0 Å². The van der Waals surface area contributed by atoms with Crippen molar-refractivity contribution in [1.82, 2.24) is 0 Å². The molecule has 70 valence electrons. The Morgan fingerprint density at radius 1 is 1.31 bits per heavy atom. The number of rotatable bonds is 2. The zero-order valence-electron chi connectivity index (χ0n) is 7.21. The highest BCUT2D eigenvalue weighted by Gasteiger charge is 2.08. The summed E-state index contributed by atoms with van der Waals surface area (Å²) in [4.78, 5) is 17.4. The minimum atomic E-state index is -4.05. The van der Waals surface area contributed by atoms with Gasteiger partial charge in [-0.2, -0.15) is 0 Å². The van der Waals surface area contributed by atoms with Crippen LogP contribution in [0.4, 0.5) is 0 Å². The molecule has 3 nitrogen and oxygen atoms in total. The van der Waals surface area contributed by atoms with Crippen LogP contribution in [0.3, 0.4) is 0 Å². The van der Waals surface area contributed by atoms with Gasteiger partial charge in [0, 0.05) is 5.82 Å². The molecule has 13 heavy (non-hydrogen) atoms. The van der Waals surface area contributed by atoms with E-state index in [1.54, 1.807) is 6.92 Å². The summed E-state index contributed by atoms with van der Waals surface area (Å²) >= 11 is 0. The van der Waals surface area contributed by atoms with Crippen LogP contribution >= 0.6 is 7.60 Å². The second-order valence-electron chi connectivity index (χ2n) is 2.77. The Kier molecular flexibility index (Phi) is 3.04. The maximum atomic E-state index is 10.6. The Balaban J connectivity index is 2.99. The van der Waals surface area contributed by atoms with Gasteiger partial charge in [-0.3, -0.25) is 4.57 Å². The average molecular weight is 198 g/mol. The molecule has 0 bridgehead atoms. The van der Waals surface area contributed by atoms with Crippen LogP contribution in [-0.4, -0.2) is 9.79 Å². The first-order valence-corrected chi connectivity index (χ1v) is 5.47. The first-order chi connectivity index (χ1) is 5.99. The Hall–Kier alpha value is -0.890. The average Bonchev–Trinajstić information content (AvgIpc) is 2.03. The number of benzene rings is 1. The monoisotopic (exact) mass is 198 g/mol. The lowest BCUT2D eigenvalue weighted by molar-refractivity contribution is 0.386. The van der Waals surface area contributed by atoms with Crippen molar-refractivity contribution in [2.24, 2.45) is 0 Å². The van der Waals surface area contributed by atoms with Crippen LogP contribution in [0, 0.1) is 0 Å². The van der Waals surface area contributed by atoms with E-state index in [-0.39, 0.29) is 0 Å². The van der Waals surface area contributed by atoms with E-state index >= 15 is 0 Å². The van der Waals surface area contributed by atoms with Gasteiger partial charge in [-0.25, -0.2) is 0 Å². The van der Waals surface area contributed by atoms with Crippen LogP contribution in [-0.2, 0) is 4.57 Å². The molecule has 0 radical (unpaired) electrons. The maximum absolute atomic E-state index is 10.6. The van der Waals surface area contributed by atoms with Gasteiger partial charge in [0.25, 0.3) is 0 Å². The molecule has 0 heterocycles. The van der Waals surface area contributed by atoms with Gasteiger partial charge in [-0.15, -0.1) is 0 Å². The fourth-order valence-electron chi connectivity index (χ4n) is 1.03. The van der Waals surface area contributed by atoms with Crippen LogP contribution in [0.25, 0.3) is 5.57 Å². The summed E-state index contributed by atoms with van der Waals surface area (Å²) in [5.41, 5.74) is 1.42. The molecule has 0 atom stereocenters. The molecule has 0 unspecified atom stereocenters. The topological polar surface area (TPSA) is 57.5 Å². The predicted octanol–water partition coefficient (Wildman–Crippen LogP) is 2.23. The molecule has 4 heteroatoms. The number of allylic oxidation sites excluding steroid dienone is 1. The Labute approximate surface area is 76.9 Å². The van der Waals surface area contributed by atoms with E-state index in [0.717, 1.165) is 11.4 Å². The summed E-state index contributed by atoms with van der Waals surface area (Å²) in [6.07, 6.45) is 0. The molecule has 0 aliphatic carbocycles. The molecule has 0 amide bonds. The molecule has 1 aromatic carbocycles. The van der Waals surface area contributed by atoms with E-state index in [1.165, 1.54) is 0 Å². The van der Waals surface area contributed by atoms with Crippen molar-refractivity contribution in [3.05, 3.63) is 41.7 Å². The van der Waals surface area contributed by atoms with Crippen LogP contribution in [0.15, 0.2) is 36.1 Å². The van der Waals surface area contributed by atoms with Gasteiger partial charge in [0.1, 0.15) is 0 Å². The van der Waals surface area contributed by atoms with Crippen molar-refractivity contribution >= 4 is 13.2 Å². The zero-order valence-corrected chi connectivity index (χ0v) is 8.11. The van der Waals surface area contributed by atoms with Gasteiger partial charge in [0.05, 0.1) is 0 Å². The van der Waals surface area contributed by atoms with Crippen LogP contribution in [0.2, 0.25) is 0 Å². The van der Waals surface area contributed by atoms with E-state index in [2.05, 4.69) is 0 Å². The van der Waals surface area contributed by atoms with E-state index in [9.17, 15) is 4.57 Å². The summed E-state index contributed by atoms with van der Waals surface area (Å²) in [5.74, 6) is 0.975. The first-order valence-electron chi connectivity index (χ1n) is 3.79. The molecule has 0 aliphatic rings. The summed E-state index contributed by atoms with van der Waals surface area (Å²) in [6, 6.07) is 9.12. The molecule has 1 rings (SSSR count). The zero-order chi connectivity index (χ0) is 9.90. The number of hydrogen-bond donors (Lipinski definition) is 2. The third-order valence-electron chi connectivity index (χ3n) is 1.59. The highest BCUT2D eigenvalue weighted by atomic mass is 31.2. The minimum absolute atomic E-state index is 0.592. The molecule has 0 fully saturated rings. The molecule has 0 spiro atoms. The molecule has 0 saturated carbocycles. The van der Waals surface area contributed by atoms with Crippen molar-refractivity contribution in [3.63, 3.8) is 0 Å². The fraction of sp³-hybridized carbons (Fsp3) is 0.111. The van der Waals surface area contributed by atoms with Gasteiger partial charge in [-0.05, 0) is 18.1 Å². The molecule has 0 aromatic heterocycles. The lowest BCUT2D eigenvalue weighted by Crippen LogP contribution is -1.79. The highest BCUT2D eigenvalue weighted by Crippen LogP contribution is 2.39. The normalized spacial score (nSPS) is 13.0. The lowest BCUT2D eigenvalue weighted by Gasteiger charge is -2.01. The van der Waals surface area contributed by atoms with Crippen molar-refractivity contribution in [2.45, 2.75) is 6.92 Å². The second-order valence-corrected chi connectivity index (χ2v) is 4.20. The third-order valence-corrected chi connectivity index (χ3v) is 2.31. The summed E-state index contributed by atoms with van der Waals surface area (Å²) in [5, 5.41) is 0. The predicted molar refractivity (Wildman–Crippen MR) is 52.1 cm³/mol. The summed E-state index contributed by atoms with van der Waals surface area (Å²) < 4.78 is 10.6. The third kappa shape index (κ3) is 3.55. The van der Waals surface area contributed by atoms with Crippen LogP contribution in [0.5, 0.6) is 0 Å². The molecule has 0 aliphatic heterocycles. The van der Waals surface area contributed by atoms with Crippen molar-refractivity contribution in [3.8, 4) is 0 Å². The Morgan fingerprint density at radius 3 is 2.31 bits per heavy atom. The number of hydrogen-bond acceptors (Lipinski definition) is 1. The smallest absolute Gasteiger partial charge is 0.321 e. The van der Waals surface area contributed by atoms with E-state index in [4.69, 9.17) is 9.79 Å². The maximum Gasteiger partial charge on any atom is 0.349 e. The molecule has 0 saturated heterocycles. The van der Waals surface area contributed by atoms with Gasteiger partial charge in [0.15, 0.2) is 0 Å². The fourth-order valence-corrected chi connectivity index (χ4v) is 1.68. The minimum Gasteiger partial charge on any atom is -0.321 e. The van der Waals surface area contributed by atoms with E-state index in [1.807, 2.05) is 30.3 Å². The molecule has 2 N–H and O–H groups in total. The van der Waals surface area contributed by atoms with Gasteiger partial charge in [0.2, 0.25) is 0 Å². The Morgan fingerprint density at radius 2 is 1.85 bits per heavy atom. The van der Waals surface area contributed by atoms with Gasteiger partial charge >= 0.3 is 7.60 Å². The second kappa shape index (κ2) is 3.88. The van der Waals surface area contributed by atoms with Gasteiger partial charge in [-0.1, -0.05) is 30.3 Å². The summed E-state index contributed by atoms with van der Waals surface area (Å²) in [7, 11) is -4.05. The van der Waals surface area contributed by atoms with E-state index < -0.39 is 7.60 Å². The molecular weight excluding hydrogens is 187 g/mol. The molecule has 1 aromatic rings. The summed E-state index contributed by atoms with van der Waals surface area (Å²) in [6.45, 7) is 1.68. The van der Waals surface area contributed by atoms with Gasteiger partial charge < -0.3 is 9.79 Å². The van der Waals surface area contributed by atoms with Crippen molar-refractivity contribution in [1.29, 1.82) is 0 Å². The SMILES string of the molecule is C/C(=C\P(=O)(O)O)c1ccccc1. The quantitative estimate of drug-likeness (QED) is 0.716.